The van der Waals surface area contributed by atoms with Crippen molar-refractivity contribution in [2.75, 3.05) is 13.6 Å². The van der Waals surface area contributed by atoms with E-state index in [0.717, 1.165) is 24.3 Å². The van der Waals surface area contributed by atoms with E-state index < -0.39 is 70.8 Å². The maximum absolute atomic E-state index is 14.6. The number of benzene rings is 3. The van der Waals surface area contributed by atoms with Crippen LogP contribution in [0.1, 0.15) is 22.3 Å². The van der Waals surface area contributed by atoms with Gasteiger partial charge in [0.05, 0.1) is 11.0 Å². The van der Waals surface area contributed by atoms with Gasteiger partial charge in [0, 0.05) is 6.54 Å². The van der Waals surface area contributed by atoms with Crippen molar-refractivity contribution in [3.63, 3.8) is 0 Å². The zero-order valence-electron chi connectivity index (χ0n) is 21.2. The van der Waals surface area contributed by atoms with Gasteiger partial charge in [-0.25, -0.2) is 8.78 Å². The van der Waals surface area contributed by atoms with Gasteiger partial charge in [-0.1, -0.05) is 42.5 Å². The van der Waals surface area contributed by atoms with Crippen molar-refractivity contribution in [1.82, 2.24) is 10.6 Å². The van der Waals surface area contributed by atoms with Gasteiger partial charge in [-0.3, -0.25) is 4.79 Å². The average molecular weight is 614 g/mol. The molecule has 0 aromatic heterocycles. The predicted molar refractivity (Wildman–Crippen MR) is 127 cm³/mol. The predicted octanol–water partition coefficient (Wildman–Crippen LogP) is 5.88. The van der Waals surface area contributed by atoms with Crippen LogP contribution in [-0.4, -0.2) is 48.6 Å². The molecule has 2 atom stereocenters. The Balaban J connectivity index is 2.29. The maximum atomic E-state index is 14.6. The number of carbonyl (C=O) groups is 1. The summed E-state index contributed by atoms with van der Waals surface area (Å²) in [6, 6.07) is 8.52. The normalized spacial score (nSPS) is 15.2. The molecule has 1 unspecified atom stereocenters. The minimum Gasteiger partial charge on any atom is -0.372 e. The Morgan fingerprint density at radius 1 is 0.714 bits per heavy atom. The van der Waals surface area contributed by atoms with Crippen LogP contribution >= 0.6 is 0 Å². The number of hydrogen-bond donors (Lipinski definition) is 3. The van der Waals surface area contributed by atoms with Crippen molar-refractivity contribution >= 4 is 5.91 Å². The Hall–Kier alpha value is -3.72. The number of halogens is 11. The minimum atomic E-state index is -6.41. The van der Waals surface area contributed by atoms with Crippen LogP contribution in [0.3, 0.4) is 0 Å². The van der Waals surface area contributed by atoms with Gasteiger partial charge in [0.15, 0.2) is 0 Å². The second-order valence-electron chi connectivity index (χ2n) is 9.21. The van der Waals surface area contributed by atoms with E-state index in [1.807, 2.05) is 5.32 Å². The molecule has 3 aromatic rings. The number of hydrogen-bond acceptors (Lipinski definition) is 3. The highest BCUT2D eigenvalue weighted by Gasteiger charge is 2.75. The molecule has 0 saturated carbocycles. The van der Waals surface area contributed by atoms with Crippen molar-refractivity contribution in [2.45, 2.75) is 35.6 Å². The van der Waals surface area contributed by atoms with Crippen LogP contribution < -0.4 is 10.6 Å². The fourth-order valence-electron chi connectivity index (χ4n) is 4.60. The van der Waals surface area contributed by atoms with E-state index in [2.05, 4.69) is 0 Å². The average Bonchev–Trinajstić information content (AvgIpc) is 2.89. The summed E-state index contributed by atoms with van der Waals surface area (Å²) in [7, 11) is 0.541. The number of nitrogens with one attached hydrogen (secondary N) is 2. The van der Waals surface area contributed by atoms with Crippen LogP contribution in [-0.2, 0) is 16.4 Å². The molecule has 42 heavy (non-hydrogen) atoms. The van der Waals surface area contributed by atoms with Crippen LogP contribution in [0.5, 0.6) is 0 Å². The third-order valence-electron chi connectivity index (χ3n) is 6.68. The highest BCUT2D eigenvalue weighted by atomic mass is 19.4. The highest BCUT2D eigenvalue weighted by molar-refractivity contribution is 5.84. The van der Waals surface area contributed by atoms with Gasteiger partial charge in [-0.15, -0.1) is 0 Å². The van der Waals surface area contributed by atoms with Crippen molar-refractivity contribution in [1.29, 1.82) is 0 Å². The lowest BCUT2D eigenvalue weighted by Crippen LogP contribution is -2.71. The lowest BCUT2D eigenvalue weighted by Gasteiger charge is -2.39. The summed E-state index contributed by atoms with van der Waals surface area (Å²) in [5.41, 5.74) is -9.87. The molecule has 4 nitrogen and oxygen atoms in total. The fraction of sp³-hybridized carbons (Fsp3) is 0.296. The topological polar surface area (TPSA) is 61.4 Å². The van der Waals surface area contributed by atoms with Gasteiger partial charge in [0.1, 0.15) is 17.7 Å². The van der Waals surface area contributed by atoms with Gasteiger partial charge in [-0.2, -0.15) is 39.5 Å². The van der Waals surface area contributed by atoms with E-state index in [1.54, 1.807) is 0 Å². The molecule has 3 aromatic carbocycles. The third-order valence-corrected chi connectivity index (χ3v) is 6.68. The minimum absolute atomic E-state index is 0.00135. The zero-order valence-corrected chi connectivity index (χ0v) is 21.2. The fourth-order valence-corrected chi connectivity index (χ4v) is 4.60. The van der Waals surface area contributed by atoms with Gasteiger partial charge >= 0.3 is 18.5 Å². The standard InChI is InChI=1S/C27H21F11N2O2/c1-39-21(24(42,26(33,34)35)27(36,37)38)22(41)40-14-23(15-5-3-2-4-6-15,16-7-9-19(28)10-8-16)17-11-18(25(30,31)32)13-20(29)12-17/h2-13,21,39,42H,14H2,1H3,(H,40,41)/t21-,23?/m1/s1. The Bertz CT molecular complexity index is 1370. The third kappa shape index (κ3) is 6.07. The van der Waals surface area contributed by atoms with Gasteiger partial charge in [0.2, 0.25) is 5.91 Å². The summed E-state index contributed by atoms with van der Waals surface area (Å²) in [4.78, 5) is 13.0. The molecule has 0 saturated heterocycles. The van der Waals surface area contributed by atoms with Crippen LogP contribution in [0, 0.1) is 11.6 Å². The lowest BCUT2D eigenvalue weighted by molar-refractivity contribution is -0.373. The van der Waals surface area contributed by atoms with Gasteiger partial charge in [0.25, 0.3) is 5.60 Å². The smallest absolute Gasteiger partial charge is 0.372 e. The summed E-state index contributed by atoms with van der Waals surface area (Å²) in [5, 5.41) is 13.1. The zero-order chi connectivity index (χ0) is 31.7. The largest absolute Gasteiger partial charge is 0.428 e. The summed E-state index contributed by atoms with van der Waals surface area (Å²) in [6.45, 7) is -1.06. The first-order valence-corrected chi connectivity index (χ1v) is 11.8. The number of carbonyl (C=O) groups excluding carboxylic acids is 1. The molecule has 0 spiro atoms. The van der Waals surface area contributed by atoms with E-state index in [9.17, 15) is 58.2 Å². The van der Waals surface area contributed by atoms with Crippen LogP contribution in [0.4, 0.5) is 48.3 Å². The van der Waals surface area contributed by atoms with E-state index in [0.29, 0.717) is 19.2 Å². The Morgan fingerprint density at radius 3 is 1.69 bits per heavy atom. The summed E-state index contributed by atoms with van der Waals surface area (Å²) >= 11 is 0. The van der Waals surface area contributed by atoms with Gasteiger partial charge in [-0.05, 0) is 54.1 Å². The summed E-state index contributed by atoms with van der Waals surface area (Å²) < 4.78 is 151. The molecule has 0 heterocycles. The van der Waals surface area contributed by atoms with E-state index >= 15 is 0 Å². The number of aliphatic hydroxyl groups is 1. The highest BCUT2D eigenvalue weighted by Crippen LogP contribution is 2.46. The van der Waals surface area contributed by atoms with Gasteiger partial charge < -0.3 is 15.7 Å². The first kappa shape index (κ1) is 32.8. The molecule has 0 aliphatic rings. The van der Waals surface area contributed by atoms with E-state index in [1.165, 1.54) is 35.6 Å². The molecule has 0 radical (unpaired) electrons. The number of amides is 1. The van der Waals surface area contributed by atoms with Crippen LogP contribution in [0.15, 0.2) is 72.8 Å². The molecule has 15 heteroatoms. The first-order valence-electron chi connectivity index (χ1n) is 11.8. The number of rotatable bonds is 8. The van der Waals surface area contributed by atoms with E-state index in [4.69, 9.17) is 0 Å². The van der Waals surface area contributed by atoms with Crippen LogP contribution in [0.25, 0.3) is 0 Å². The molecule has 0 aliphatic carbocycles. The molecule has 3 N–H and O–H groups in total. The summed E-state index contributed by atoms with van der Waals surface area (Å²) in [5.74, 6) is -4.29. The Morgan fingerprint density at radius 2 is 1.21 bits per heavy atom. The second kappa shape index (κ2) is 11.5. The van der Waals surface area contributed by atoms with Crippen molar-refractivity contribution in [3.8, 4) is 0 Å². The maximum Gasteiger partial charge on any atom is 0.428 e. The quantitative estimate of drug-likeness (QED) is 0.220. The second-order valence-corrected chi connectivity index (χ2v) is 9.21. The molecule has 0 fully saturated rings. The first-order chi connectivity index (χ1) is 19.3. The van der Waals surface area contributed by atoms with Crippen LogP contribution in [0.2, 0.25) is 0 Å². The molecular weight excluding hydrogens is 593 g/mol. The van der Waals surface area contributed by atoms with Crippen molar-refractivity contribution in [3.05, 3.63) is 107 Å². The van der Waals surface area contributed by atoms with E-state index in [-0.39, 0.29) is 17.2 Å². The molecule has 1 amide bonds. The SMILES string of the molecule is CN[C@H](C(=O)NCC(c1ccccc1)(c1ccc(F)cc1)c1cc(F)cc(C(F)(F)F)c1)C(O)(C(F)(F)F)C(F)(F)F. The monoisotopic (exact) mass is 614 g/mol. The molecule has 228 valence electrons. The number of likely N-dealkylation sites (N-methyl/N-ethyl adjacent to an activating group) is 1. The molecule has 0 aliphatic heterocycles. The Kier molecular flexibility index (Phi) is 8.99. The molecule has 3 rings (SSSR count). The summed E-state index contributed by atoms with van der Waals surface area (Å²) in [6.07, 6.45) is -17.9. The molecule has 0 bridgehead atoms. The van der Waals surface area contributed by atoms with Crippen molar-refractivity contribution in [2.24, 2.45) is 0 Å². The lowest BCUT2D eigenvalue weighted by atomic mass is 9.69. The molecular formula is C27H21F11N2O2. The Labute approximate surface area is 231 Å². The number of alkyl halides is 9. The van der Waals surface area contributed by atoms with Crippen molar-refractivity contribution < 1.29 is 58.2 Å².